The van der Waals surface area contributed by atoms with Gasteiger partial charge < -0.3 is 10.1 Å². The van der Waals surface area contributed by atoms with Crippen molar-refractivity contribution in [1.29, 1.82) is 0 Å². The van der Waals surface area contributed by atoms with Gasteiger partial charge >= 0.3 is 0 Å². The van der Waals surface area contributed by atoms with Crippen molar-refractivity contribution in [3.63, 3.8) is 0 Å². The van der Waals surface area contributed by atoms with Crippen molar-refractivity contribution >= 4 is 18.2 Å². The van der Waals surface area contributed by atoms with Crippen molar-refractivity contribution in [2.45, 2.75) is 67.0 Å². The van der Waals surface area contributed by atoms with Gasteiger partial charge in [0.2, 0.25) is 0 Å². The number of aldehydes is 1. The van der Waals surface area contributed by atoms with Crippen LogP contribution in [-0.2, 0) is 11.2 Å². The number of rotatable bonds is 7. The molecule has 0 amide bonds. The van der Waals surface area contributed by atoms with Gasteiger partial charge in [-0.25, -0.2) is 0 Å². The third-order valence-corrected chi connectivity index (χ3v) is 9.34. The molecule has 0 spiro atoms. The summed E-state index contributed by atoms with van der Waals surface area (Å²) >= 11 is 0. The summed E-state index contributed by atoms with van der Waals surface area (Å²) in [5.41, 5.74) is 7.58. The van der Waals surface area contributed by atoms with Crippen molar-refractivity contribution in [3.05, 3.63) is 76.4 Å². The number of aryl methyl sites for hydroxylation is 2. The second-order valence-electron chi connectivity index (χ2n) is 10.7. The minimum Gasteiger partial charge on any atom is -0.303 e. The Morgan fingerprint density at radius 1 is 0.939 bits per heavy atom. The Bertz CT molecular complexity index is 1080. The minimum absolute atomic E-state index is 0.0107. The smallest absolute Gasteiger partial charge is 0.137 e. The first kappa shape index (κ1) is 23.6. The number of fused-ring (bicyclic) bond motifs is 2. The number of carbonyl (C=O) groups excluding carboxylic acids is 1. The van der Waals surface area contributed by atoms with Crippen LogP contribution in [0, 0.1) is 36.5 Å². The van der Waals surface area contributed by atoms with Crippen molar-refractivity contribution in [2.24, 2.45) is 27.7 Å². The van der Waals surface area contributed by atoms with Crippen LogP contribution in [0.15, 0.2) is 64.7 Å². The SMILES string of the molecule is CC1=C(C)C2(C)C(N[C@H](C=O)Cc3ccccc3)C(/C=N/c3c(C)cccc3C)C1(C)C2C. The molecule has 1 saturated carbocycles. The summed E-state index contributed by atoms with van der Waals surface area (Å²) in [4.78, 5) is 17.2. The lowest BCUT2D eigenvalue weighted by atomic mass is 9.69. The van der Waals surface area contributed by atoms with Crippen LogP contribution < -0.4 is 5.32 Å². The molecule has 4 rings (SSSR count). The first-order valence-corrected chi connectivity index (χ1v) is 12.2. The van der Waals surface area contributed by atoms with E-state index in [9.17, 15) is 4.79 Å². The first-order valence-electron chi connectivity index (χ1n) is 12.2. The summed E-state index contributed by atoms with van der Waals surface area (Å²) in [7, 11) is 0. The van der Waals surface area contributed by atoms with Gasteiger partial charge in [-0.15, -0.1) is 0 Å². The third kappa shape index (κ3) is 3.61. The summed E-state index contributed by atoms with van der Waals surface area (Å²) in [5.74, 6) is 0.666. The Morgan fingerprint density at radius 2 is 1.55 bits per heavy atom. The minimum atomic E-state index is -0.228. The van der Waals surface area contributed by atoms with E-state index in [1.807, 2.05) is 18.2 Å². The average Bonchev–Trinajstić information content (AvgIpc) is 3.04. The second-order valence-corrected chi connectivity index (χ2v) is 10.7. The van der Waals surface area contributed by atoms with Crippen LogP contribution in [0.3, 0.4) is 0 Å². The van der Waals surface area contributed by atoms with E-state index in [1.54, 1.807) is 0 Å². The van der Waals surface area contributed by atoms with Gasteiger partial charge in [-0.2, -0.15) is 0 Å². The number of hydrogen-bond donors (Lipinski definition) is 1. The van der Waals surface area contributed by atoms with E-state index in [-0.39, 0.29) is 28.8 Å². The Hall–Kier alpha value is -2.52. The molecule has 5 unspecified atom stereocenters. The third-order valence-electron chi connectivity index (χ3n) is 9.34. The molecule has 0 heterocycles. The van der Waals surface area contributed by atoms with Crippen molar-refractivity contribution in [2.75, 3.05) is 0 Å². The maximum Gasteiger partial charge on any atom is 0.137 e. The normalized spacial score (nSPS) is 32.0. The topological polar surface area (TPSA) is 41.5 Å². The lowest BCUT2D eigenvalue weighted by Crippen LogP contribution is -2.53. The fraction of sp³-hybridized carbons (Fsp3) is 0.467. The van der Waals surface area contributed by atoms with E-state index >= 15 is 0 Å². The summed E-state index contributed by atoms with van der Waals surface area (Å²) in [5, 5.41) is 3.81. The summed E-state index contributed by atoms with van der Waals surface area (Å²) in [6, 6.07) is 16.5. The molecule has 1 N–H and O–H groups in total. The average molecular weight is 443 g/mol. The molecule has 174 valence electrons. The van der Waals surface area contributed by atoms with Gasteiger partial charge in [0.1, 0.15) is 6.29 Å². The van der Waals surface area contributed by atoms with Gasteiger partial charge in [0.25, 0.3) is 0 Å². The molecule has 6 atom stereocenters. The van der Waals surface area contributed by atoms with Gasteiger partial charge in [-0.3, -0.25) is 4.99 Å². The Kier molecular flexibility index (Phi) is 6.22. The predicted octanol–water partition coefficient (Wildman–Crippen LogP) is 6.40. The molecule has 0 aliphatic heterocycles. The number of hydrogen-bond acceptors (Lipinski definition) is 3. The molecule has 0 aromatic heterocycles. The van der Waals surface area contributed by atoms with Crippen LogP contribution in [0.1, 0.15) is 51.3 Å². The lowest BCUT2D eigenvalue weighted by Gasteiger charge is -2.42. The highest BCUT2D eigenvalue weighted by molar-refractivity contribution is 5.74. The van der Waals surface area contributed by atoms with Crippen LogP contribution in [-0.4, -0.2) is 24.6 Å². The maximum atomic E-state index is 12.2. The van der Waals surface area contributed by atoms with Crippen LogP contribution in [0.2, 0.25) is 0 Å². The highest BCUT2D eigenvalue weighted by Crippen LogP contribution is 2.69. The van der Waals surface area contributed by atoms with E-state index in [1.165, 1.54) is 27.8 Å². The molecule has 2 aromatic carbocycles. The fourth-order valence-corrected chi connectivity index (χ4v) is 6.77. The maximum absolute atomic E-state index is 12.2. The molecule has 2 aliphatic carbocycles. The van der Waals surface area contributed by atoms with E-state index < -0.39 is 0 Å². The molecule has 0 radical (unpaired) electrons. The zero-order chi connectivity index (χ0) is 24.0. The van der Waals surface area contributed by atoms with Gasteiger partial charge in [0.15, 0.2) is 0 Å². The van der Waals surface area contributed by atoms with Gasteiger partial charge in [0.05, 0.1) is 11.7 Å². The number of para-hydroxylation sites is 1. The van der Waals surface area contributed by atoms with Crippen LogP contribution in [0.25, 0.3) is 0 Å². The molecule has 2 aromatic rings. The number of carbonyl (C=O) groups is 1. The van der Waals surface area contributed by atoms with Crippen molar-refractivity contribution < 1.29 is 4.79 Å². The van der Waals surface area contributed by atoms with E-state index in [0.29, 0.717) is 12.3 Å². The van der Waals surface area contributed by atoms with Gasteiger partial charge in [-0.1, -0.05) is 80.4 Å². The van der Waals surface area contributed by atoms with Crippen molar-refractivity contribution in [1.82, 2.24) is 5.32 Å². The number of aliphatic imine (C=N–C) groups is 1. The molecular formula is C30H38N2O. The molecule has 0 saturated heterocycles. The van der Waals surface area contributed by atoms with Gasteiger partial charge in [-0.05, 0) is 56.7 Å². The number of nitrogens with zero attached hydrogens (tertiary/aromatic N) is 1. The lowest BCUT2D eigenvalue weighted by molar-refractivity contribution is -0.110. The molecule has 3 heteroatoms. The molecule has 1 fully saturated rings. The highest BCUT2D eigenvalue weighted by atomic mass is 16.1. The highest BCUT2D eigenvalue weighted by Gasteiger charge is 2.67. The van der Waals surface area contributed by atoms with E-state index in [2.05, 4.69) is 90.3 Å². The number of allylic oxidation sites excluding steroid dienone is 1. The molecule has 2 aliphatic rings. The van der Waals surface area contributed by atoms with Gasteiger partial charge in [0, 0.05) is 29.0 Å². The van der Waals surface area contributed by atoms with E-state index in [0.717, 1.165) is 12.0 Å². The number of nitrogens with one attached hydrogen (secondary N) is 1. The monoisotopic (exact) mass is 442 g/mol. The standard InChI is InChI=1S/C30H38N2O/c1-19-12-11-13-20(2)27(19)31-17-26-28(30(7)22(4)21(3)29(26,6)23(30)5)32-25(18-33)16-24-14-9-8-10-15-24/h8-15,17-18,23,25-26,28,32H,16H2,1-7H3/b31-17+/t23?,25-,26?,28?,29?,30?/m0/s1. The summed E-state index contributed by atoms with van der Waals surface area (Å²) in [6.45, 7) is 16.0. The van der Waals surface area contributed by atoms with Crippen LogP contribution >= 0.6 is 0 Å². The Balaban J connectivity index is 1.73. The largest absolute Gasteiger partial charge is 0.303 e. The molecule has 2 bridgehead atoms. The second kappa shape index (κ2) is 8.68. The summed E-state index contributed by atoms with van der Waals surface area (Å²) in [6.07, 6.45) is 3.97. The molecular weight excluding hydrogens is 404 g/mol. The Morgan fingerprint density at radius 3 is 2.15 bits per heavy atom. The Labute approximate surface area is 199 Å². The predicted molar refractivity (Wildman–Crippen MR) is 138 cm³/mol. The van der Waals surface area contributed by atoms with E-state index in [4.69, 9.17) is 4.99 Å². The fourth-order valence-electron chi connectivity index (χ4n) is 6.77. The number of benzene rings is 2. The molecule has 33 heavy (non-hydrogen) atoms. The van der Waals surface area contributed by atoms with Crippen LogP contribution in [0.4, 0.5) is 5.69 Å². The zero-order valence-electron chi connectivity index (χ0n) is 21.1. The molecule has 3 nitrogen and oxygen atoms in total. The summed E-state index contributed by atoms with van der Waals surface area (Å²) < 4.78 is 0. The zero-order valence-corrected chi connectivity index (χ0v) is 21.1. The quantitative estimate of drug-likeness (QED) is 0.306. The van der Waals surface area contributed by atoms with Crippen molar-refractivity contribution in [3.8, 4) is 0 Å². The van der Waals surface area contributed by atoms with Crippen LogP contribution in [0.5, 0.6) is 0 Å². The first-order chi connectivity index (χ1) is 15.6.